The summed E-state index contributed by atoms with van der Waals surface area (Å²) >= 11 is 9.12. The first kappa shape index (κ1) is 16.3. The molecule has 0 aromatic heterocycles. The summed E-state index contributed by atoms with van der Waals surface area (Å²) < 4.78 is 20.0. The minimum atomic E-state index is -1.11. The van der Waals surface area contributed by atoms with Gasteiger partial charge in [-0.1, -0.05) is 23.7 Å². The second kappa shape index (κ2) is 6.77. The van der Waals surface area contributed by atoms with E-state index in [0.717, 1.165) is 0 Å². The second-order valence-corrected chi connectivity index (χ2v) is 6.19. The number of halogens is 3. The van der Waals surface area contributed by atoms with Crippen molar-refractivity contribution in [3.63, 3.8) is 0 Å². The van der Waals surface area contributed by atoms with Crippen LogP contribution in [0.15, 0.2) is 40.9 Å². The van der Waals surface area contributed by atoms with E-state index in [1.807, 2.05) is 13.8 Å². The van der Waals surface area contributed by atoms with Crippen LogP contribution in [-0.4, -0.2) is 11.2 Å². The highest BCUT2D eigenvalue weighted by atomic mass is 79.9. The van der Waals surface area contributed by atoms with E-state index in [-0.39, 0.29) is 11.7 Å². The number of benzene rings is 2. The number of ether oxygens (including phenoxy) is 1. The Bertz CT molecular complexity index is 646. The number of rotatable bonds is 4. The van der Waals surface area contributed by atoms with Crippen LogP contribution in [0.3, 0.4) is 0 Å². The first-order valence-electron chi connectivity index (χ1n) is 6.47. The van der Waals surface area contributed by atoms with E-state index in [4.69, 9.17) is 16.3 Å². The van der Waals surface area contributed by atoms with E-state index in [0.29, 0.717) is 20.8 Å². The Labute approximate surface area is 136 Å². The number of aliphatic hydroxyl groups excluding tert-OH is 1. The van der Waals surface area contributed by atoms with Crippen molar-refractivity contribution < 1.29 is 14.2 Å². The number of aliphatic hydroxyl groups is 1. The molecule has 2 aromatic rings. The van der Waals surface area contributed by atoms with E-state index in [9.17, 15) is 9.50 Å². The minimum absolute atomic E-state index is 0.0243. The van der Waals surface area contributed by atoms with Gasteiger partial charge in [-0.05, 0) is 59.6 Å². The van der Waals surface area contributed by atoms with E-state index < -0.39 is 11.9 Å². The third-order valence-corrected chi connectivity index (χ3v) is 4.08. The lowest BCUT2D eigenvalue weighted by molar-refractivity contribution is 0.211. The van der Waals surface area contributed by atoms with Gasteiger partial charge >= 0.3 is 0 Å². The van der Waals surface area contributed by atoms with Crippen molar-refractivity contribution in [2.75, 3.05) is 0 Å². The van der Waals surface area contributed by atoms with Gasteiger partial charge in [0.2, 0.25) is 0 Å². The maximum atomic E-state index is 14.0. The molecule has 2 nitrogen and oxygen atoms in total. The molecule has 0 saturated carbocycles. The zero-order valence-corrected chi connectivity index (χ0v) is 14.0. The van der Waals surface area contributed by atoms with Crippen molar-refractivity contribution in [2.45, 2.75) is 26.1 Å². The van der Waals surface area contributed by atoms with Crippen LogP contribution in [0.25, 0.3) is 0 Å². The predicted octanol–water partition coefficient (Wildman–Crippen LogP) is 5.11. The Hall–Kier alpha value is -1.10. The number of hydrogen-bond donors (Lipinski definition) is 1. The lowest BCUT2D eigenvalue weighted by Gasteiger charge is -2.16. The summed E-state index contributed by atoms with van der Waals surface area (Å²) in [5, 5.41) is 10.7. The zero-order valence-electron chi connectivity index (χ0n) is 11.6. The molecule has 0 fully saturated rings. The van der Waals surface area contributed by atoms with Crippen molar-refractivity contribution in [1.82, 2.24) is 0 Å². The fourth-order valence-electron chi connectivity index (χ4n) is 1.96. The van der Waals surface area contributed by atoms with Crippen molar-refractivity contribution in [3.8, 4) is 5.75 Å². The SMILES string of the molecule is CC(C)Oc1cccc(C(O)c2cc(Cl)c(Br)cc2F)c1. The molecule has 21 heavy (non-hydrogen) atoms. The standard InChI is InChI=1S/C16H15BrClFO2/c1-9(2)21-11-5-3-4-10(6-11)16(20)12-7-14(18)13(17)8-15(12)19/h3-9,16,20H,1-2H3. The molecule has 112 valence electrons. The van der Waals surface area contributed by atoms with Gasteiger partial charge in [-0.3, -0.25) is 0 Å². The molecule has 0 bridgehead atoms. The van der Waals surface area contributed by atoms with E-state index in [2.05, 4.69) is 15.9 Å². The summed E-state index contributed by atoms with van der Waals surface area (Å²) in [6.07, 6.45) is -1.08. The third-order valence-electron chi connectivity index (χ3n) is 2.88. The van der Waals surface area contributed by atoms with Gasteiger partial charge in [0, 0.05) is 10.0 Å². The van der Waals surface area contributed by atoms with Crippen LogP contribution in [0.4, 0.5) is 4.39 Å². The van der Waals surface area contributed by atoms with Gasteiger partial charge < -0.3 is 9.84 Å². The van der Waals surface area contributed by atoms with Crippen LogP contribution < -0.4 is 4.74 Å². The average molecular weight is 374 g/mol. The molecule has 0 saturated heterocycles. The van der Waals surface area contributed by atoms with Crippen LogP contribution in [0, 0.1) is 5.82 Å². The minimum Gasteiger partial charge on any atom is -0.491 e. The largest absolute Gasteiger partial charge is 0.491 e. The fourth-order valence-corrected chi connectivity index (χ4v) is 2.44. The summed E-state index contributed by atoms with van der Waals surface area (Å²) in [4.78, 5) is 0. The molecule has 5 heteroatoms. The molecule has 0 heterocycles. The molecule has 2 rings (SSSR count). The highest BCUT2D eigenvalue weighted by Gasteiger charge is 2.17. The summed E-state index contributed by atoms with van der Waals surface area (Å²) in [5.74, 6) is 0.110. The Balaban J connectivity index is 2.36. The Morgan fingerprint density at radius 3 is 2.62 bits per heavy atom. The van der Waals surface area contributed by atoms with Gasteiger partial charge in [0.25, 0.3) is 0 Å². The molecular formula is C16H15BrClFO2. The van der Waals surface area contributed by atoms with E-state index in [1.165, 1.54) is 12.1 Å². The summed E-state index contributed by atoms with van der Waals surface area (Å²) in [6, 6.07) is 9.63. The van der Waals surface area contributed by atoms with Gasteiger partial charge in [-0.25, -0.2) is 4.39 Å². The molecule has 2 aromatic carbocycles. The molecular weight excluding hydrogens is 359 g/mol. The lowest BCUT2D eigenvalue weighted by Crippen LogP contribution is -2.07. The Morgan fingerprint density at radius 2 is 1.95 bits per heavy atom. The highest BCUT2D eigenvalue weighted by Crippen LogP contribution is 2.32. The maximum Gasteiger partial charge on any atom is 0.130 e. The second-order valence-electron chi connectivity index (χ2n) is 4.93. The molecule has 0 spiro atoms. The summed E-state index contributed by atoms with van der Waals surface area (Å²) in [5.41, 5.74) is 0.676. The predicted molar refractivity (Wildman–Crippen MR) is 85.4 cm³/mol. The van der Waals surface area contributed by atoms with Crippen LogP contribution in [-0.2, 0) is 0 Å². The van der Waals surface area contributed by atoms with Crippen LogP contribution >= 0.6 is 27.5 Å². The van der Waals surface area contributed by atoms with Crippen molar-refractivity contribution in [2.24, 2.45) is 0 Å². The van der Waals surface area contributed by atoms with Crippen molar-refractivity contribution in [1.29, 1.82) is 0 Å². The van der Waals surface area contributed by atoms with Gasteiger partial charge in [0.1, 0.15) is 17.7 Å². The van der Waals surface area contributed by atoms with Crippen LogP contribution in [0.1, 0.15) is 31.1 Å². The normalized spacial score (nSPS) is 12.5. The monoisotopic (exact) mass is 372 g/mol. The zero-order chi connectivity index (χ0) is 15.6. The molecule has 0 radical (unpaired) electrons. The van der Waals surface area contributed by atoms with Crippen LogP contribution in [0.5, 0.6) is 5.75 Å². The Kier molecular flexibility index (Phi) is 5.25. The molecule has 1 unspecified atom stereocenters. The van der Waals surface area contributed by atoms with Crippen molar-refractivity contribution in [3.05, 3.63) is 62.8 Å². The van der Waals surface area contributed by atoms with E-state index >= 15 is 0 Å². The third kappa shape index (κ3) is 3.96. The molecule has 0 aliphatic carbocycles. The molecule has 0 aliphatic rings. The summed E-state index contributed by atoms with van der Waals surface area (Å²) in [7, 11) is 0. The first-order chi connectivity index (χ1) is 9.88. The van der Waals surface area contributed by atoms with Crippen molar-refractivity contribution >= 4 is 27.5 Å². The maximum absolute atomic E-state index is 14.0. The molecule has 1 atom stereocenters. The molecule has 1 N–H and O–H groups in total. The molecule has 0 aliphatic heterocycles. The van der Waals surface area contributed by atoms with E-state index in [1.54, 1.807) is 24.3 Å². The highest BCUT2D eigenvalue weighted by molar-refractivity contribution is 9.10. The smallest absolute Gasteiger partial charge is 0.130 e. The number of hydrogen-bond acceptors (Lipinski definition) is 2. The topological polar surface area (TPSA) is 29.5 Å². The van der Waals surface area contributed by atoms with Gasteiger partial charge in [-0.15, -0.1) is 0 Å². The molecule has 0 amide bonds. The quantitative estimate of drug-likeness (QED) is 0.755. The van der Waals surface area contributed by atoms with Gasteiger partial charge in [0.05, 0.1) is 11.1 Å². The van der Waals surface area contributed by atoms with Gasteiger partial charge in [-0.2, -0.15) is 0 Å². The fraction of sp³-hybridized carbons (Fsp3) is 0.250. The summed E-state index contributed by atoms with van der Waals surface area (Å²) in [6.45, 7) is 3.83. The first-order valence-corrected chi connectivity index (χ1v) is 7.64. The lowest BCUT2D eigenvalue weighted by atomic mass is 10.0. The average Bonchev–Trinajstić information content (AvgIpc) is 2.41. The van der Waals surface area contributed by atoms with Crippen LogP contribution in [0.2, 0.25) is 5.02 Å². The van der Waals surface area contributed by atoms with Gasteiger partial charge in [0.15, 0.2) is 0 Å². The Morgan fingerprint density at radius 1 is 1.24 bits per heavy atom.